The molecule has 2 heterocycles. The predicted octanol–water partition coefficient (Wildman–Crippen LogP) is 2.94. The van der Waals surface area contributed by atoms with E-state index in [2.05, 4.69) is 15.1 Å². The number of halogens is 1. The first-order valence-electron chi connectivity index (χ1n) is 5.84. The molecule has 1 aromatic carbocycles. The standard InChI is InChI=1S/C13H10FN3O2S/c1-7-15-8(6-20-7)4-12-16-13(19-17-12)10-3-2-9(18)5-11(10)14/h2-3,5-6,18H,4H2,1H3. The molecule has 5 nitrogen and oxygen atoms in total. The zero-order valence-electron chi connectivity index (χ0n) is 10.5. The summed E-state index contributed by atoms with van der Waals surface area (Å²) in [4.78, 5) is 8.45. The smallest absolute Gasteiger partial charge is 0.260 e. The molecule has 3 rings (SSSR count). The minimum Gasteiger partial charge on any atom is -0.508 e. The van der Waals surface area contributed by atoms with Gasteiger partial charge in [0.05, 0.1) is 22.7 Å². The molecular formula is C13H10FN3O2S. The van der Waals surface area contributed by atoms with Crippen molar-refractivity contribution in [2.45, 2.75) is 13.3 Å². The number of rotatable bonds is 3. The van der Waals surface area contributed by atoms with Gasteiger partial charge < -0.3 is 9.63 Å². The van der Waals surface area contributed by atoms with E-state index in [1.54, 1.807) is 11.3 Å². The molecule has 0 fully saturated rings. The summed E-state index contributed by atoms with van der Waals surface area (Å²) < 4.78 is 18.7. The first-order chi connectivity index (χ1) is 9.61. The molecule has 0 atom stereocenters. The summed E-state index contributed by atoms with van der Waals surface area (Å²) in [5.41, 5.74) is 1.02. The van der Waals surface area contributed by atoms with E-state index in [4.69, 9.17) is 4.52 Å². The van der Waals surface area contributed by atoms with Crippen LogP contribution in [-0.4, -0.2) is 20.2 Å². The third-order valence-electron chi connectivity index (χ3n) is 2.66. The van der Waals surface area contributed by atoms with Crippen LogP contribution in [0.4, 0.5) is 4.39 Å². The highest BCUT2D eigenvalue weighted by molar-refractivity contribution is 7.09. The molecule has 0 radical (unpaired) electrons. The van der Waals surface area contributed by atoms with Gasteiger partial charge in [-0.1, -0.05) is 5.16 Å². The summed E-state index contributed by atoms with van der Waals surface area (Å²) in [6.45, 7) is 1.92. The number of thiazole rings is 1. The molecule has 2 aromatic heterocycles. The van der Waals surface area contributed by atoms with E-state index in [0.717, 1.165) is 16.8 Å². The topological polar surface area (TPSA) is 72.0 Å². The Morgan fingerprint density at radius 2 is 2.20 bits per heavy atom. The molecule has 3 aromatic rings. The second kappa shape index (κ2) is 5.01. The fourth-order valence-electron chi connectivity index (χ4n) is 1.76. The van der Waals surface area contributed by atoms with Crippen molar-refractivity contribution in [2.24, 2.45) is 0 Å². The molecule has 7 heteroatoms. The van der Waals surface area contributed by atoms with Crippen LogP contribution < -0.4 is 0 Å². The van der Waals surface area contributed by atoms with Gasteiger partial charge in [-0.25, -0.2) is 9.37 Å². The van der Waals surface area contributed by atoms with E-state index in [-0.39, 0.29) is 17.2 Å². The van der Waals surface area contributed by atoms with Crippen molar-refractivity contribution in [2.75, 3.05) is 0 Å². The summed E-state index contributed by atoms with van der Waals surface area (Å²) in [5, 5.41) is 15.9. The molecule has 0 spiro atoms. The maximum atomic E-state index is 13.7. The monoisotopic (exact) mass is 291 g/mol. The number of aryl methyl sites for hydroxylation is 1. The Kier molecular flexibility index (Phi) is 3.19. The Hall–Kier alpha value is -2.28. The molecule has 0 unspecified atom stereocenters. The van der Waals surface area contributed by atoms with Gasteiger partial charge in [0.25, 0.3) is 5.89 Å². The molecule has 0 saturated heterocycles. The first kappa shape index (κ1) is 12.7. The lowest BCUT2D eigenvalue weighted by Crippen LogP contribution is -1.91. The maximum Gasteiger partial charge on any atom is 0.260 e. The molecule has 0 bridgehead atoms. The minimum absolute atomic E-state index is 0.0875. The van der Waals surface area contributed by atoms with Crippen LogP contribution in [0.15, 0.2) is 28.1 Å². The Labute approximate surface area is 117 Å². The lowest BCUT2D eigenvalue weighted by molar-refractivity contribution is 0.420. The van der Waals surface area contributed by atoms with Gasteiger partial charge in [0, 0.05) is 11.4 Å². The minimum atomic E-state index is -0.607. The van der Waals surface area contributed by atoms with E-state index in [9.17, 15) is 9.50 Å². The molecule has 0 saturated carbocycles. The molecule has 0 amide bonds. The highest BCUT2D eigenvalue weighted by Gasteiger charge is 2.14. The van der Waals surface area contributed by atoms with Crippen molar-refractivity contribution < 1.29 is 14.0 Å². The summed E-state index contributed by atoms with van der Waals surface area (Å²) in [5.74, 6) is -0.226. The summed E-state index contributed by atoms with van der Waals surface area (Å²) in [7, 11) is 0. The van der Waals surface area contributed by atoms with Crippen LogP contribution in [-0.2, 0) is 6.42 Å². The third-order valence-corrected chi connectivity index (χ3v) is 3.48. The quantitative estimate of drug-likeness (QED) is 0.803. The number of phenolic OH excluding ortho intramolecular Hbond substituents is 1. The van der Waals surface area contributed by atoms with Crippen LogP contribution >= 0.6 is 11.3 Å². The Morgan fingerprint density at radius 1 is 1.35 bits per heavy atom. The lowest BCUT2D eigenvalue weighted by atomic mass is 10.2. The number of benzene rings is 1. The second-order valence-electron chi connectivity index (χ2n) is 4.21. The predicted molar refractivity (Wildman–Crippen MR) is 71.0 cm³/mol. The number of hydrogen-bond acceptors (Lipinski definition) is 6. The van der Waals surface area contributed by atoms with Crippen molar-refractivity contribution in [3.05, 3.63) is 45.9 Å². The van der Waals surface area contributed by atoms with Crippen LogP contribution in [0, 0.1) is 12.7 Å². The van der Waals surface area contributed by atoms with Crippen LogP contribution in [0.5, 0.6) is 5.75 Å². The maximum absolute atomic E-state index is 13.7. The molecule has 102 valence electrons. The SMILES string of the molecule is Cc1nc(Cc2noc(-c3ccc(O)cc3F)n2)cs1. The summed E-state index contributed by atoms with van der Waals surface area (Å²) >= 11 is 1.55. The average molecular weight is 291 g/mol. The first-order valence-corrected chi connectivity index (χ1v) is 6.72. The van der Waals surface area contributed by atoms with E-state index in [1.807, 2.05) is 12.3 Å². The highest BCUT2D eigenvalue weighted by atomic mass is 32.1. The fourth-order valence-corrected chi connectivity index (χ4v) is 2.38. The van der Waals surface area contributed by atoms with Gasteiger partial charge in [-0.05, 0) is 19.1 Å². The second-order valence-corrected chi connectivity index (χ2v) is 5.28. The Balaban J connectivity index is 1.86. The Morgan fingerprint density at radius 3 is 2.90 bits per heavy atom. The van der Waals surface area contributed by atoms with Crippen LogP contribution in [0.3, 0.4) is 0 Å². The largest absolute Gasteiger partial charge is 0.508 e. The van der Waals surface area contributed by atoms with Gasteiger partial charge >= 0.3 is 0 Å². The average Bonchev–Trinajstić information content (AvgIpc) is 2.99. The van der Waals surface area contributed by atoms with E-state index in [0.29, 0.717) is 12.2 Å². The molecule has 0 aliphatic carbocycles. The fraction of sp³-hybridized carbons (Fsp3) is 0.154. The number of nitrogens with zero attached hydrogens (tertiary/aromatic N) is 3. The summed E-state index contributed by atoms with van der Waals surface area (Å²) in [6.07, 6.45) is 0.438. The van der Waals surface area contributed by atoms with Crippen molar-refractivity contribution in [3.8, 4) is 17.2 Å². The molecule has 0 aliphatic heterocycles. The zero-order valence-corrected chi connectivity index (χ0v) is 11.3. The van der Waals surface area contributed by atoms with E-state index >= 15 is 0 Å². The third kappa shape index (κ3) is 2.53. The molecule has 1 N–H and O–H groups in total. The van der Waals surface area contributed by atoms with Crippen LogP contribution in [0.2, 0.25) is 0 Å². The zero-order chi connectivity index (χ0) is 14.1. The molecule has 0 aliphatic rings. The van der Waals surface area contributed by atoms with Gasteiger partial charge in [0.1, 0.15) is 11.6 Å². The van der Waals surface area contributed by atoms with Gasteiger partial charge in [-0.15, -0.1) is 11.3 Å². The normalized spacial score (nSPS) is 10.9. The van der Waals surface area contributed by atoms with Gasteiger partial charge in [0.2, 0.25) is 0 Å². The summed E-state index contributed by atoms with van der Waals surface area (Å²) in [6, 6.07) is 3.77. The van der Waals surface area contributed by atoms with Crippen LogP contribution in [0.25, 0.3) is 11.5 Å². The highest BCUT2D eigenvalue weighted by Crippen LogP contribution is 2.24. The number of aromatic hydroxyl groups is 1. The van der Waals surface area contributed by atoms with Gasteiger partial charge in [-0.3, -0.25) is 0 Å². The van der Waals surface area contributed by atoms with Gasteiger partial charge in [0.15, 0.2) is 5.82 Å². The Bertz CT molecular complexity index is 754. The number of aromatic nitrogens is 3. The van der Waals surface area contributed by atoms with Crippen LogP contribution in [0.1, 0.15) is 16.5 Å². The van der Waals surface area contributed by atoms with Crippen molar-refractivity contribution in [1.29, 1.82) is 0 Å². The number of hydrogen-bond donors (Lipinski definition) is 1. The van der Waals surface area contributed by atoms with E-state index in [1.165, 1.54) is 12.1 Å². The van der Waals surface area contributed by atoms with E-state index < -0.39 is 5.82 Å². The number of phenols is 1. The van der Waals surface area contributed by atoms with Gasteiger partial charge in [-0.2, -0.15) is 4.98 Å². The van der Waals surface area contributed by atoms with Crippen molar-refractivity contribution >= 4 is 11.3 Å². The molecular weight excluding hydrogens is 281 g/mol. The van der Waals surface area contributed by atoms with Crippen molar-refractivity contribution in [1.82, 2.24) is 15.1 Å². The van der Waals surface area contributed by atoms with Crippen molar-refractivity contribution in [3.63, 3.8) is 0 Å². The molecule has 20 heavy (non-hydrogen) atoms. The lowest BCUT2D eigenvalue weighted by Gasteiger charge is -1.97.